The van der Waals surface area contributed by atoms with Crippen molar-refractivity contribution in [3.05, 3.63) is 33.8 Å². The number of hydrogen-bond donors (Lipinski definition) is 2. The van der Waals surface area contributed by atoms with Crippen LogP contribution in [0.2, 0.25) is 10.0 Å². The fourth-order valence-corrected chi connectivity index (χ4v) is 4.23. The number of halogens is 3. The molecule has 2 N–H and O–H groups in total. The topological polar surface area (TPSA) is 58.2 Å². The van der Waals surface area contributed by atoms with Gasteiger partial charge in [0, 0.05) is 22.2 Å². The van der Waals surface area contributed by atoms with Gasteiger partial charge in [-0.1, -0.05) is 29.3 Å². The molecule has 1 atom stereocenters. The Balaban J connectivity index is 0.00000220. The average molecular weight is 374 g/mol. The Bertz CT molecular complexity index is 540. The van der Waals surface area contributed by atoms with Gasteiger partial charge in [-0.2, -0.15) is 0 Å². The van der Waals surface area contributed by atoms with Crippen molar-refractivity contribution < 1.29 is 8.42 Å². The molecule has 1 fully saturated rings. The number of benzene rings is 1. The molecular weight excluding hydrogens is 355 g/mol. The Morgan fingerprint density at radius 1 is 1.29 bits per heavy atom. The van der Waals surface area contributed by atoms with Crippen LogP contribution in [-0.2, 0) is 15.8 Å². The van der Waals surface area contributed by atoms with Crippen LogP contribution < -0.4 is 10.0 Å². The lowest BCUT2D eigenvalue weighted by Gasteiger charge is -2.22. The van der Waals surface area contributed by atoms with E-state index >= 15 is 0 Å². The van der Waals surface area contributed by atoms with Crippen LogP contribution in [0.4, 0.5) is 0 Å². The molecule has 1 aliphatic rings. The normalized spacial score (nSPS) is 19.0. The van der Waals surface area contributed by atoms with E-state index in [1.165, 1.54) is 0 Å². The molecule has 21 heavy (non-hydrogen) atoms. The third-order valence-electron chi connectivity index (χ3n) is 3.39. The first kappa shape index (κ1) is 19.0. The van der Waals surface area contributed by atoms with Crippen LogP contribution in [0, 0.1) is 5.92 Å². The molecule has 4 nitrogen and oxygen atoms in total. The van der Waals surface area contributed by atoms with Gasteiger partial charge in [-0.05, 0) is 44.0 Å². The second kappa shape index (κ2) is 8.56. The molecule has 1 saturated heterocycles. The van der Waals surface area contributed by atoms with Crippen molar-refractivity contribution >= 4 is 45.6 Å². The molecule has 1 unspecified atom stereocenters. The maximum Gasteiger partial charge on any atom is 0.215 e. The van der Waals surface area contributed by atoms with Gasteiger partial charge in [0.2, 0.25) is 10.0 Å². The monoisotopic (exact) mass is 372 g/mol. The first-order valence-electron chi connectivity index (χ1n) is 6.59. The van der Waals surface area contributed by atoms with Crippen molar-refractivity contribution in [3.63, 3.8) is 0 Å². The highest BCUT2D eigenvalue weighted by atomic mass is 35.5. The van der Waals surface area contributed by atoms with E-state index in [1.807, 2.05) is 0 Å². The standard InChI is InChI=1S/C13H18Cl2N2O2S.ClH/c14-12-4-1-5-13(15)11(12)9-20(18,19)17-8-10-3-2-6-16-7-10;/h1,4-5,10,16-17H,2-3,6-9H2;1H. The van der Waals surface area contributed by atoms with Gasteiger partial charge in [-0.25, -0.2) is 13.1 Å². The molecule has 8 heteroatoms. The van der Waals surface area contributed by atoms with Crippen LogP contribution >= 0.6 is 35.6 Å². The first-order valence-corrected chi connectivity index (χ1v) is 9.00. The molecule has 1 aliphatic heterocycles. The Morgan fingerprint density at radius 3 is 2.52 bits per heavy atom. The summed E-state index contributed by atoms with van der Waals surface area (Å²) in [6.07, 6.45) is 2.13. The fourth-order valence-electron chi connectivity index (χ4n) is 2.25. The van der Waals surface area contributed by atoms with Gasteiger partial charge in [0.15, 0.2) is 0 Å². The van der Waals surface area contributed by atoms with Crippen molar-refractivity contribution in [2.45, 2.75) is 18.6 Å². The van der Waals surface area contributed by atoms with Gasteiger partial charge in [0.25, 0.3) is 0 Å². The zero-order chi connectivity index (χ0) is 14.6. The lowest BCUT2D eigenvalue weighted by molar-refractivity contribution is 0.376. The summed E-state index contributed by atoms with van der Waals surface area (Å²) in [5, 5.41) is 4.02. The van der Waals surface area contributed by atoms with Crippen LogP contribution in [0.25, 0.3) is 0 Å². The lowest BCUT2D eigenvalue weighted by atomic mass is 10.0. The molecule has 2 rings (SSSR count). The molecule has 1 heterocycles. The smallest absolute Gasteiger partial charge is 0.215 e. The highest BCUT2D eigenvalue weighted by Gasteiger charge is 2.19. The molecule has 1 aromatic rings. The number of sulfonamides is 1. The Morgan fingerprint density at radius 2 is 1.95 bits per heavy atom. The maximum absolute atomic E-state index is 12.1. The molecule has 0 bridgehead atoms. The summed E-state index contributed by atoms with van der Waals surface area (Å²) in [5.41, 5.74) is 0.449. The zero-order valence-electron chi connectivity index (χ0n) is 11.4. The summed E-state index contributed by atoms with van der Waals surface area (Å²) in [5.74, 6) is 0.159. The molecule has 120 valence electrons. The van der Waals surface area contributed by atoms with Crippen molar-refractivity contribution in [2.75, 3.05) is 19.6 Å². The summed E-state index contributed by atoms with van der Waals surface area (Å²) in [4.78, 5) is 0. The van der Waals surface area contributed by atoms with Gasteiger partial charge in [0.05, 0.1) is 5.75 Å². The lowest BCUT2D eigenvalue weighted by Crippen LogP contribution is -2.38. The van der Waals surface area contributed by atoms with E-state index in [0.717, 1.165) is 25.9 Å². The number of piperidine rings is 1. The third kappa shape index (κ3) is 5.93. The second-order valence-electron chi connectivity index (χ2n) is 5.02. The summed E-state index contributed by atoms with van der Waals surface area (Å²) < 4.78 is 26.8. The van der Waals surface area contributed by atoms with E-state index < -0.39 is 10.0 Å². The molecule has 1 aromatic carbocycles. The minimum absolute atomic E-state index is 0. The molecule has 0 saturated carbocycles. The van der Waals surface area contributed by atoms with Crippen molar-refractivity contribution in [1.82, 2.24) is 10.0 Å². The molecule has 0 aliphatic carbocycles. The van der Waals surface area contributed by atoms with Crippen LogP contribution in [0.5, 0.6) is 0 Å². The summed E-state index contributed by atoms with van der Waals surface area (Å²) in [6, 6.07) is 4.98. The molecule has 0 amide bonds. The molecule has 0 radical (unpaired) electrons. The number of nitrogens with one attached hydrogen (secondary N) is 2. The van der Waals surface area contributed by atoms with Gasteiger partial charge < -0.3 is 5.32 Å². The quantitative estimate of drug-likeness (QED) is 0.834. The van der Waals surface area contributed by atoms with E-state index in [2.05, 4.69) is 10.0 Å². The van der Waals surface area contributed by atoms with Crippen molar-refractivity contribution in [3.8, 4) is 0 Å². The largest absolute Gasteiger partial charge is 0.316 e. The summed E-state index contributed by atoms with van der Waals surface area (Å²) in [6.45, 7) is 2.32. The third-order valence-corrected chi connectivity index (χ3v) is 5.37. The predicted octanol–water partition coefficient (Wildman–Crippen LogP) is 2.83. The van der Waals surface area contributed by atoms with Crippen LogP contribution in [-0.4, -0.2) is 28.1 Å². The molecular formula is C13H19Cl3N2O2S. The van der Waals surface area contributed by atoms with E-state index in [9.17, 15) is 8.42 Å². The predicted molar refractivity (Wildman–Crippen MR) is 89.9 cm³/mol. The molecule has 0 aromatic heterocycles. The Labute approximate surface area is 142 Å². The van der Waals surface area contributed by atoms with E-state index in [-0.39, 0.29) is 18.2 Å². The number of hydrogen-bond acceptors (Lipinski definition) is 3. The highest BCUT2D eigenvalue weighted by Crippen LogP contribution is 2.26. The summed E-state index contributed by atoms with van der Waals surface area (Å²) >= 11 is 12.0. The first-order chi connectivity index (χ1) is 9.48. The molecule has 0 spiro atoms. The van der Waals surface area contributed by atoms with Crippen molar-refractivity contribution in [2.24, 2.45) is 5.92 Å². The minimum Gasteiger partial charge on any atom is -0.316 e. The van der Waals surface area contributed by atoms with Crippen LogP contribution in [0.3, 0.4) is 0 Å². The van der Waals surface area contributed by atoms with Crippen molar-refractivity contribution in [1.29, 1.82) is 0 Å². The minimum atomic E-state index is -3.43. The van der Waals surface area contributed by atoms with E-state index in [4.69, 9.17) is 23.2 Å². The average Bonchev–Trinajstić information content (AvgIpc) is 2.42. The van der Waals surface area contributed by atoms with E-state index in [0.29, 0.717) is 28.1 Å². The summed E-state index contributed by atoms with van der Waals surface area (Å²) in [7, 11) is -3.43. The zero-order valence-corrected chi connectivity index (χ0v) is 14.6. The maximum atomic E-state index is 12.1. The fraction of sp³-hybridized carbons (Fsp3) is 0.538. The Hall–Kier alpha value is -0.0400. The van der Waals surface area contributed by atoms with Gasteiger partial charge in [-0.3, -0.25) is 0 Å². The van der Waals surface area contributed by atoms with Gasteiger partial charge in [-0.15, -0.1) is 12.4 Å². The second-order valence-corrected chi connectivity index (χ2v) is 7.64. The van der Waals surface area contributed by atoms with Gasteiger partial charge >= 0.3 is 0 Å². The SMILES string of the molecule is Cl.O=S(=O)(Cc1c(Cl)cccc1Cl)NCC1CCCNC1. The van der Waals surface area contributed by atoms with Crippen LogP contribution in [0.15, 0.2) is 18.2 Å². The highest BCUT2D eigenvalue weighted by molar-refractivity contribution is 7.88. The Kier molecular flexibility index (Phi) is 7.74. The van der Waals surface area contributed by atoms with Gasteiger partial charge in [0.1, 0.15) is 0 Å². The van der Waals surface area contributed by atoms with E-state index in [1.54, 1.807) is 18.2 Å². The van der Waals surface area contributed by atoms with Crippen LogP contribution in [0.1, 0.15) is 18.4 Å². The number of rotatable bonds is 5.